The molecule has 30 heavy (non-hydrogen) atoms. The van der Waals surface area contributed by atoms with Gasteiger partial charge in [-0.25, -0.2) is 0 Å². The minimum Gasteiger partial charge on any atom is -0.494 e. The standard InChI is InChI=1S/C23H23ClN2O4/c1-16-14-19(10-11-20(16)24)29-12-3-5-22(27)25-15-17-6-8-18(9-7-17)26-23(28)21-4-2-13-30-21/h2,4,6-11,13-14H,3,5,12,15H2,1H3,(H,25,27)(H,26,28). The highest BCUT2D eigenvalue weighted by molar-refractivity contribution is 6.31. The van der Waals surface area contributed by atoms with Crippen LogP contribution in [0.25, 0.3) is 0 Å². The smallest absolute Gasteiger partial charge is 0.291 e. The van der Waals surface area contributed by atoms with Crippen molar-refractivity contribution in [2.75, 3.05) is 11.9 Å². The molecule has 0 spiro atoms. The van der Waals surface area contributed by atoms with E-state index in [0.717, 1.165) is 16.9 Å². The number of halogens is 1. The number of carbonyl (C=O) groups is 2. The molecule has 1 heterocycles. The lowest BCUT2D eigenvalue weighted by Crippen LogP contribution is -2.23. The molecular weight excluding hydrogens is 404 g/mol. The van der Waals surface area contributed by atoms with Gasteiger partial charge in [-0.1, -0.05) is 23.7 Å². The summed E-state index contributed by atoms with van der Waals surface area (Å²) in [6, 6.07) is 16.0. The Hall–Kier alpha value is -3.25. The Labute approximate surface area is 180 Å². The Morgan fingerprint density at radius 1 is 1.10 bits per heavy atom. The number of amides is 2. The summed E-state index contributed by atoms with van der Waals surface area (Å²) in [5.41, 5.74) is 2.55. The molecule has 156 valence electrons. The molecule has 0 saturated carbocycles. The van der Waals surface area contributed by atoms with Crippen LogP contribution in [0, 0.1) is 6.92 Å². The molecule has 0 unspecified atom stereocenters. The van der Waals surface area contributed by atoms with Gasteiger partial charge < -0.3 is 19.8 Å². The molecule has 0 radical (unpaired) electrons. The lowest BCUT2D eigenvalue weighted by molar-refractivity contribution is -0.121. The van der Waals surface area contributed by atoms with E-state index in [1.165, 1.54) is 6.26 Å². The number of furan rings is 1. The van der Waals surface area contributed by atoms with E-state index >= 15 is 0 Å². The molecule has 0 atom stereocenters. The fraction of sp³-hybridized carbons (Fsp3) is 0.217. The van der Waals surface area contributed by atoms with Crippen LogP contribution in [0.2, 0.25) is 5.02 Å². The molecule has 0 aliphatic rings. The molecule has 0 saturated heterocycles. The number of aryl methyl sites for hydroxylation is 1. The average molecular weight is 427 g/mol. The van der Waals surface area contributed by atoms with Crippen molar-refractivity contribution in [2.24, 2.45) is 0 Å². The van der Waals surface area contributed by atoms with Crippen molar-refractivity contribution in [2.45, 2.75) is 26.3 Å². The molecule has 0 bridgehead atoms. The number of benzene rings is 2. The minimum absolute atomic E-state index is 0.0407. The van der Waals surface area contributed by atoms with Crippen molar-refractivity contribution < 1.29 is 18.7 Å². The van der Waals surface area contributed by atoms with Crippen molar-refractivity contribution >= 4 is 29.1 Å². The molecule has 2 aromatic carbocycles. The zero-order chi connectivity index (χ0) is 21.3. The highest BCUT2D eigenvalue weighted by Crippen LogP contribution is 2.21. The minimum atomic E-state index is -0.308. The summed E-state index contributed by atoms with van der Waals surface area (Å²) in [6.45, 7) is 2.79. The molecule has 2 amide bonds. The van der Waals surface area contributed by atoms with Crippen LogP contribution in [0.15, 0.2) is 65.3 Å². The molecule has 2 N–H and O–H groups in total. The molecule has 0 fully saturated rings. The zero-order valence-corrected chi connectivity index (χ0v) is 17.4. The number of anilines is 1. The third-order valence-electron chi connectivity index (χ3n) is 4.39. The van der Waals surface area contributed by atoms with Crippen LogP contribution in [0.4, 0.5) is 5.69 Å². The number of hydrogen-bond donors (Lipinski definition) is 2. The summed E-state index contributed by atoms with van der Waals surface area (Å²) in [4.78, 5) is 24.0. The van der Waals surface area contributed by atoms with Gasteiger partial charge in [0.2, 0.25) is 5.91 Å². The van der Waals surface area contributed by atoms with E-state index < -0.39 is 0 Å². The Morgan fingerprint density at radius 3 is 2.60 bits per heavy atom. The molecule has 3 aromatic rings. The van der Waals surface area contributed by atoms with Crippen LogP contribution in [0.5, 0.6) is 5.75 Å². The maximum Gasteiger partial charge on any atom is 0.291 e. The number of ether oxygens (including phenoxy) is 1. The van der Waals surface area contributed by atoms with Crippen molar-refractivity contribution in [3.05, 3.63) is 82.8 Å². The molecular formula is C23H23ClN2O4. The number of carbonyl (C=O) groups excluding carboxylic acids is 2. The SMILES string of the molecule is Cc1cc(OCCCC(=O)NCc2ccc(NC(=O)c3ccco3)cc2)ccc1Cl. The summed E-state index contributed by atoms with van der Waals surface area (Å²) < 4.78 is 10.7. The molecule has 1 aromatic heterocycles. The van der Waals surface area contributed by atoms with Gasteiger partial charge in [0.05, 0.1) is 12.9 Å². The normalized spacial score (nSPS) is 10.5. The second kappa shape index (κ2) is 10.5. The van der Waals surface area contributed by atoms with E-state index in [0.29, 0.717) is 36.7 Å². The van der Waals surface area contributed by atoms with Crippen molar-refractivity contribution in [1.82, 2.24) is 5.32 Å². The Bertz CT molecular complexity index is 985. The van der Waals surface area contributed by atoms with Gasteiger partial charge in [0.25, 0.3) is 5.91 Å². The zero-order valence-electron chi connectivity index (χ0n) is 16.6. The van der Waals surface area contributed by atoms with E-state index in [-0.39, 0.29) is 17.6 Å². The van der Waals surface area contributed by atoms with E-state index in [2.05, 4.69) is 10.6 Å². The van der Waals surface area contributed by atoms with E-state index in [4.69, 9.17) is 20.8 Å². The van der Waals surface area contributed by atoms with Gasteiger partial charge in [-0.05, 0) is 66.9 Å². The Balaban J connectivity index is 1.35. The van der Waals surface area contributed by atoms with Crippen molar-refractivity contribution in [3.8, 4) is 5.75 Å². The monoisotopic (exact) mass is 426 g/mol. The van der Waals surface area contributed by atoms with Crippen molar-refractivity contribution in [1.29, 1.82) is 0 Å². The summed E-state index contributed by atoms with van der Waals surface area (Å²) in [7, 11) is 0. The summed E-state index contributed by atoms with van der Waals surface area (Å²) in [6.07, 6.45) is 2.44. The fourth-order valence-corrected chi connectivity index (χ4v) is 2.84. The summed E-state index contributed by atoms with van der Waals surface area (Å²) >= 11 is 5.99. The Morgan fingerprint density at radius 2 is 1.90 bits per heavy atom. The molecule has 0 aliphatic carbocycles. The molecule has 6 nitrogen and oxygen atoms in total. The number of hydrogen-bond acceptors (Lipinski definition) is 4. The van der Waals surface area contributed by atoms with Crippen molar-refractivity contribution in [3.63, 3.8) is 0 Å². The first-order valence-corrected chi connectivity index (χ1v) is 9.98. The topological polar surface area (TPSA) is 80.6 Å². The van der Waals surface area contributed by atoms with Crippen LogP contribution in [0.3, 0.4) is 0 Å². The molecule has 0 aliphatic heterocycles. The quantitative estimate of drug-likeness (QED) is 0.473. The molecule has 3 rings (SSSR count). The van der Waals surface area contributed by atoms with E-state index in [1.54, 1.807) is 30.3 Å². The van der Waals surface area contributed by atoms with Gasteiger partial charge in [-0.3, -0.25) is 9.59 Å². The fourth-order valence-electron chi connectivity index (χ4n) is 2.73. The molecule has 7 heteroatoms. The van der Waals surface area contributed by atoms with Crippen LogP contribution in [0.1, 0.15) is 34.5 Å². The largest absolute Gasteiger partial charge is 0.494 e. The second-order valence-electron chi connectivity index (χ2n) is 6.77. The highest BCUT2D eigenvalue weighted by atomic mass is 35.5. The second-order valence-corrected chi connectivity index (χ2v) is 7.18. The van der Waals surface area contributed by atoms with Gasteiger partial charge in [-0.15, -0.1) is 0 Å². The highest BCUT2D eigenvalue weighted by Gasteiger charge is 2.08. The van der Waals surface area contributed by atoms with E-state index in [9.17, 15) is 9.59 Å². The first kappa shape index (κ1) is 21.5. The van der Waals surface area contributed by atoms with E-state index in [1.807, 2.05) is 31.2 Å². The van der Waals surface area contributed by atoms with Crippen LogP contribution in [-0.4, -0.2) is 18.4 Å². The summed E-state index contributed by atoms with van der Waals surface area (Å²) in [5, 5.41) is 6.34. The van der Waals surface area contributed by atoms with Gasteiger partial charge in [-0.2, -0.15) is 0 Å². The van der Waals surface area contributed by atoms with Gasteiger partial charge in [0.15, 0.2) is 5.76 Å². The average Bonchev–Trinajstić information content (AvgIpc) is 3.28. The van der Waals surface area contributed by atoms with Crippen LogP contribution >= 0.6 is 11.6 Å². The maximum absolute atomic E-state index is 12.0. The Kier molecular flexibility index (Phi) is 7.51. The number of nitrogens with one attached hydrogen (secondary N) is 2. The van der Waals surface area contributed by atoms with Crippen LogP contribution < -0.4 is 15.4 Å². The van der Waals surface area contributed by atoms with Gasteiger partial charge in [0.1, 0.15) is 5.75 Å². The lowest BCUT2D eigenvalue weighted by Gasteiger charge is -2.09. The lowest BCUT2D eigenvalue weighted by atomic mass is 10.2. The van der Waals surface area contributed by atoms with Crippen LogP contribution in [-0.2, 0) is 11.3 Å². The predicted octanol–water partition coefficient (Wildman–Crippen LogP) is 4.97. The van der Waals surface area contributed by atoms with Gasteiger partial charge in [0, 0.05) is 23.7 Å². The summed E-state index contributed by atoms with van der Waals surface area (Å²) in [5.74, 6) is 0.649. The maximum atomic E-state index is 12.0. The first-order valence-electron chi connectivity index (χ1n) is 9.61. The first-order chi connectivity index (χ1) is 14.5. The third-order valence-corrected chi connectivity index (χ3v) is 4.82. The van der Waals surface area contributed by atoms with Gasteiger partial charge >= 0.3 is 0 Å². The number of rotatable bonds is 9. The third kappa shape index (κ3) is 6.39. The predicted molar refractivity (Wildman–Crippen MR) is 116 cm³/mol.